The normalized spacial score (nSPS) is 23.1. The molecule has 2 unspecified atom stereocenters. The van der Waals surface area contributed by atoms with E-state index in [0.29, 0.717) is 10.8 Å². The minimum atomic E-state index is -3.54. The van der Waals surface area contributed by atoms with Crippen molar-refractivity contribution in [1.29, 1.82) is 0 Å². The highest BCUT2D eigenvalue weighted by Gasteiger charge is 2.29. The molecule has 0 spiro atoms. The van der Waals surface area contributed by atoms with E-state index in [1.54, 1.807) is 24.3 Å². The monoisotopic (exact) mass is 315 g/mol. The van der Waals surface area contributed by atoms with E-state index in [1.807, 2.05) is 11.8 Å². The molecule has 6 heteroatoms. The number of hydrogen-bond acceptors (Lipinski definition) is 4. The molecule has 1 aromatic rings. The Morgan fingerprint density at radius 1 is 1.35 bits per heavy atom. The zero-order valence-corrected chi connectivity index (χ0v) is 13.2. The van der Waals surface area contributed by atoms with Gasteiger partial charge < -0.3 is 5.11 Å². The van der Waals surface area contributed by atoms with Crippen LogP contribution in [-0.2, 0) is 16.6 Å². The van der Waals surface area contributed by atoms with Gasteiger partial charge in [0.1, 0.15) is 0 Å². The van der Waals surface area contributed by atoms with Crippen molar-refractivity contribution in [3.8, 4) is 0 Å². The van der Waals surface area contributed by atoms with Crippen LogP contribution in [0.3, 0.4) is 0 Å². The molecule has 0 bridgehead atoms. The Hall–Kier alpha value is -0.560. The van der Waals surface area contributed by atoms with Gasteiger partial charge in [0, 0.05) is 11.3 Å². The summed E-state index contributed by atoms with van der Waals surface area (Å²) in [6, 6.07) is 6.60. The maximum Gasteiger partial charge on any atom is 0.241 e. The Morgan fingerprint density at radius 2 is 2.10 bits per heavy atom. The van der Waals surface area contributed by atoms with E-state index in [2.05, 4.69) is 11.6 Å². The Labute approximate surface area is 125 Å². The van der Waals surface area contributed by atoms with Crippen molar-refractivity contribution in [1.82, 2.24) is 4.72 Å². The molecule has 1 aromatic carbocycles. The molecule has 1 fully saturated rings. The van der Waals surface area contributed by atoms with E-state index in [9.17, 15) is 13.5 Å². The Bertz CT molecular complexity index is 545. The molecule has 1 aliphatic rings. The van der Waals surface area contributed by atoms with Gasteiger partial charge in [-0.1, -0.05) is 25.1 Å². The molecular weight excluding hydrogens is 294 g/mol. The molecule has 0 amide bonds. The van der Waals surface area contributed by atoms with Crippen LogP contribution in [0.15, 0.2) is 29.2 Å². The van der Waals surface area contributed by atoms with Gasteiger partial charge in [-0.2, -0.15) is 11.8 Å². The average molecular weight is 315 g/mol. The number of aliphatic hydroxyl groups excluding tert-OH is 1. The summed E-state index contributed by atoms with van der Waals surface area (Å²) in [7, 11) is -3.54. The lowest BCUT2D eigenvalue weighted by Gasteiger charge is -2.15. The van der Waals surface area contributed by atoms with E-state index in [1.165, 1.54) is 0 Å². The van der Waals surface area contributed by atoms with Gasteiger partial charge in [-0.05, 0) is 36.6 Å². The number of hydrogen-bond donors (Lipinski definition) is 2. The molecule has 20 heavy (non-hydrogen) atoms. The fourth-order valence-corrected chi connectivity index (χ4v) is 5.27. The summed E-state index contributed by atoms with van der Waals surface area (Å²) >= 11 is 1.90. The van der Waals surface area contributed by atoms with E-state index < -0.39 is 10.0 Å². The summed E-state index contributed by atoms with van der Waals surface area (Å²) in [5.74, 6) is 1.07. The lowest BCUT2D eigenvalue weighted by atomic mass is 10.2. The second-order valence-electron chi connectivity index (χ2n) is 4.97. The van der Waals surface area contributed by atoms with Crippen LogP contribution in [-0.4, -0.2) is 30.6 Å². The second-order valence-corrected chi connectivity index (χ2v) is 8.23. The maximum atomic E-state index is 12.4. The maximum absolute atomic E-state index is 12.4. The van der Waals surface area contributed by atoms with Gasteiger partial charge in [-0.25, -0.2) is 13.1 Å². The molecule has 112 valence electrons. The minimum Gasteiger partial charge on any atom is -0.392 e. The van der Waals surface area contributed by atoms with Crippen LogP contribution in [0.1, 0.15) is 31.7 Å². The van der Waals surface area contributed by atoms with E-state index in [0.717, 1.165) is 25.0 Å². The van der Waals surface area contributed by atoms with E-state index >= 15 is 0 Å². The van der Waals surface area contributed by atoms with Gasteiger partial charge in [0.15, 0.2) is 0 Å². The van der Waals surface area contributed by atoms with Gasteiger partial charge in [-0.15, -0.1) is 0 Å². The second kappa shape index (κ2) is 6.93. The van der Waals surface area contributed by atoms with Gasteiger partial charge in [-0.3, -0.25) is 0 Å². The molecule has 0 aliphatic heterocycles. The lowest BCUT2D eigenvalue weighted by molar-refractivity contribution is 0.278. The number of sulfonamides is 1. The SMILES string of the molecule is CCSC1CCC(NS(=O)(=O)c2ccccc2CO)C1. The van der Waals surface area contributed by atoms with Crippen molar-refractivity contribution >= 4 is 21.8 Å². The van der Waals surface area contributed by atoms with Crippen LogP contribution in [0.5, 0.6) is 0 Å². The average Bonchev–Trinajstić information content (AvgIpc) is 2.85. The largest absolute Gasteiger partial charge is 0.392 e. The Kier molecular flexibility index (Phi) is 5.49. The molecule has 4 nitrogen and oxygen atoms in total. The predicted octanol–water partition coefficient (Wildman–Crippen LogP) is 2.13. The molecule has 0 radical (unpaired) electrons. The van der Waals surface area contributed by atoms with Gasteiger partial charge in [0.25, 0.3) is 0 Å². The molecule has 0 saturated heterocycles. The summed E-state index contributed by atoms with van der Waals surface area (Å²) < 4.78 is 27.6. The summed E-state index contributed by atoms with van der Waals surface area (Å²) in [4.78, 5) is 0.189. The van der Waals surface area contributed by atoms with Crippen molar-refractivity contribution in [3.05, 3.63) is 29.8 Å². The van der Waals surface area contributed by atoms with Gasteiger partial charge in [0.2, 0.25) is 10.0 Å². The van der Waals surface area contributed by atoms with Crippen LogP contribution in [0.4, 0.5) is 0 Å². The van der Waals surface area contributed by atoms with Gasteiger partial charge in [0.05, 0.1) is 11.5 Å². The molecule has 2 rings (SSSR count). The van der Waals surface area contributed by atoms with Crippen LogP contribution >= 0.6 is 11.8 Å². The number of thioether (sulfide) groups is 1. The smallest absolute Gasteiger partial charge is 0.241 e. The third-order valence-electron chi connectivity index (χ3n) is 3.54. The number of aliphatic hydroxyl groups is 1. The first-order chi connectivity index (χ1) is 9.56. The molecule has 0 aromatic heterocycles. The molecule has 2 N–H and O–H groups in total. The highest BCUT2D eigenvalue weighted by Crippen LogP contribution is 2.30. The zero-order valence-electron chi connectivity index (χ0n) is 11.6. The molecule has 1 saturated carbocycles. The van der Waals surface area contributed by atoms with Crippen molar-refractivity contribution in [2.45, 2.75) is 49.0 Å². The standard InChI is InChI=1S/C14H21NO3S2/c1-2-19-13-8-7-12(9-13)15-20(17,18)14-6-4-3-5-11(14)10-16/h3-6,12-13,15-16H,2,7-10H2,1H3. The van der Waals surface area contributed by atoms with Gasteiger partial charge >= 0.3 is 0 Å². The first-order valence-electron chi connectivity index (χ1n) is 6.89. The van der Waals surface area contributed by atoms with Crippen molar-refractivity contribution in [3.63, 3.8) is 0 Å². The van der Waals surface area contributed by atoms with Crippen molar-refractivity contribution in [2.24, 2.45) is 0 Å². The third kappa shape index (κ3) is 3.75. The minimum absolute atomic E-state index is 0.01000. The quantitative estimate of drug-likeness (QED) is 0.844. The van der Waals surface area contributed by atoms with E-state index in [4.69, 9.17) is 0 Å². The zero-order chi connectivity index (χ0) is 14.6. The molecule has 1 aliphatic carbocycles. The fraction of sp³-hybridized carbons (Fsp3) is 0.571. The van der Waals surface area contributed by atoms with Crippen LogP contribution < -0.4 is 4.72 Å². The molecule has 2 atom stereocenters. The number of nitrogens with one attached hydrogen (secondary N) is 1. The highest BCUT2D eigenvalue weighted by molar-refractivity contribution is 7.99. The topological polar surface area (TPSA) is 66.4 Å². The summed E-state index contributed by atoms with van der Waals surface area (Å²) in [6.07, 6.45) is 2.84. The summed E-state index contributed by atoms with van der Waals surface area (Å²) in [6.45, 7) is 1.86. The molecule has 0 heterocycles. The van der Waals surface area contributed by atoms with Crippen LogP contribution in [0, 0.1) is 0 Å². The number of benzene rings is 1. The summed E-state index contributed by atoms with van der Waals surface area (Å²) in [5, 5.41) is 9.82. The van der Waals surface area contributed by atoms with Crippen molar-refractivity contribution < 1.29 is 13.5 Å². The number of rotatable bonds is 6. The lowest BCUT2D eigenvalue weighted by Crippen LogP contribution is -2.33. The highest BCUT2D eigenvalue weighted by atomic mass is 32.2. The summed E-state index contributed by atoms with van der Waals surface area (Å²) in [5.41, 5.74) is 0.442. The fourth-order valence-electron chi connectivity index (χ4n) is 2.61. The van der Waals surface area contributed by atoms with Crippen LogP contribution in [0.25, 0.3) is 0 Å². The first-order valence-corrected chi connectivity index (χ1v) is 9.42. The van der Waals surface area contributed by atoms with Crippen LogP contribution in [0.2, 0.25) is 0 Å². The third-order valence-corrected chi connectivity index (χ3v) is 6.39. The molecular formula is C14H21NO3S2. The Morgan fingerprint density at radius 3 is 2.80 bits per heavy atom. The van der Waals surface area contributed by atoms with Crippen molar-refractivity contribution in [2.75, 3.05) is 5.75 Å². The first kappa shape index (κ1) is 15.8. The Balaban J connectivity index is 2.08. The van der Waals surface area contributed by atoms with E-state index in [-0.39, 0.29) is 17.5 Å². The predicted molar refractivity (Wildman–Crippen MR) is 82.2 cm³/mol.